The molecule has 2 N–H and O–H groups in total. The SMILES string of the molecule is CCS(=O)(=O)c1nc2ccccn2c1S(=O)(=O)NC(=O)Nc1nc(OC)cc(OC)n1.CCc1ccc(COc2ccc(-n3c(=O)cc(C(F)(F)F)n(C)c3=O)cc2)c(OC(C)C(=O)OC)c1. The Morgan fingerprint density at radius 1 is 0.866 bits per heavy atom. The van der Waals surface area contributed by atoms with Crippen LogP contribution in [0.5, 0.6) is 23.3 Å². The van der Waals surface area contributed by atoms with E-state index in [-0.39, 0.29) is 41.4 Å². The number of aromatic nitrogens is 6. The maximum atomic E-state index is 13.1. The number of carbonyl (C=O) groups is 2. The third-order valence-corrected chi connectivity index (χ3v) is 12.5. The van der Waals surface area contributed by atoms with Gasteiger partial charge in [-0.25, -0.2) is 37.1 Å². The lowest BCUT2D eigenvalue weighted by molar-refractivity contribution is -0.148. The number of pyridine rings is 1. The molecule has 0 bridgehead atoms. The first kappa shape index (κ1) is 50.5. The van der Waals surface area contributed by atoms with Gasteiger partial charge in [-0.3, -0.25) is 19.1 Å². The highest BCUT2D eigenvalue weighted by Crippen LogP contribution is 2.28. The van der Waals surface area contributed by atoms with E-state index in [4.69, 9.17) is 23.7 Å². The number of anilines is 1. The van der Waals surface area contributed by atoms with Crippen LogP contribution in [-0.4, -0.2) is 90.5 Å². The molecule has 0 aliphatic rings. The largest absolute Gasteiger partial charge is 0.489 e. The first-order chi connectivity index (χ1) is 31.6. The zero-order valence-corrected chi connectivity index (χ0v) is 38.3. The molecule has 2 aromatic carbocycles. The maximum absolute atomic E-state index is 13.1. The number of esters is 1. The van der Waals surface area contributed by atoms with Gasteiger partial charge in [0.2, 0.25) is 17.7 Å². The molecular weight excluding hydrogens is 934 g/mol. The number of rotatable bonds is 15. The maximum Gasteiger partial charge on any atom is 0.431 e. The Morgan fingerprint density at radius 2 is 1.52 bits per heavy atom. The molecule has 0 aliphatic heterocycles. The molecule has 4 heterocycles. The van der Waals surface area contributed by atoms with Gasteiger partial charge in [0.05, 0.1) is 38.8 Å². The lowest BCUT2D eigenvalue weighted by Crippen LogP contribution is -2.40. The second-order valence-corrected chi connectivity index (χ2v) is 17.6. The Labute approximate surface area is 380 Å². The van der Waals surface area contributed by atoms with Gasteiger partial charge < -0.3 is 23.7 Å². The number of halogens is 3. The Kier molecular flexibility index (Phi) is 15.7. The minimum absolute atomic E-state index is 0.0584. The van der Waals surface area contributed by atoms with Gasteiger partial charge in [0, 0.05) is 24.9 Å². The van der Waals surface area contributed by atoms with Crippen LogP contribution in [0.3, 0.4) is 0 Å². The van der Waals surface area contributed by atoms with Crippen LogP contribution in [0.4, 0.5) is 23.9 Å². The average molecular weight is 977 g/mol. The third kappa shape index (κ3) is 11.9. The minimum Gasteiger partial charge on any atom is -0.489 e. The topological polar surface area (TPSA) is 260 Å². The molecule has 4 aromatic heterocycles. The summed E-state index contributed by atoms with van der Waals surface area (Å²) in [5, 5.41) is 0.783. The highest BCUT2D eigenvalue weighted by molar-refractivity contribution is 7.93. The summed E-state index contributed by atoms with van der Waals surface area (Å²) in [5.74, 6) is -0.257. The molecule has 0 radical (unpaired) electrons. The standard InChI is InChI=1S/C25H25F3N2O6.C16H18N6O7S2/c1-5-16-6-7-17(20(12-16)36-15(2)23(32)34-4)14-35-19-10-8-18(9-11-19)30-22(31)13-21(25(26,27)28)29(3)24(30)33;1-4-30(24,25)13-14(22-8-6-5-7-10(22)17-13)31(26,27)21-16(23)20-15-18-11(28-2)9-12(19-15)29-3/h6-13,15H,5,14H2,1-4H3;5-9H,4H2,1-3H3,(H2,18,19,20,21,23). The van der Waals surface area contributed by atoms with Crippen LogP contribution >= 0.6 is 0 Å². The predicted molar refractivity (Wildman–Crippen MR) is 232 cm³/mol. The van der Waals surface area contributed by atoms with Crippen LogP contribution in [0.15, 0.2) is 98.6 Å². The number of hydrogen-bond acceptors (Lipinski definition) is 16. The number of alkyl halides is 3. The number of amides is 2. The van der Waals surface area contributed by atoms with Crippen molar-refractivity contribution in [2.75, 3.05) is 32.4 Å². The molecule has 0 aliphatic carbocycles. The number of benzene rings is 2. The monoisotopic (exact) mass is 976 g/mol. The van der Waals surface area contributed by atoms with Crippen molar-refractivity contribution in [3.05, 3.63) is 117 Å². The zero-order valence-electron chi connectivity index (χ0n) is 36.6. The van der Waals surface area contributed by atoms with Gasteiger partial charge in [-0.2, -0.15) is 31.6 Å². The zero-order chi connectivity index (χ0) is 49.4. The second kappa shape index (κ2) is 20.8. The molecule has 67 heavy (non-hydrogen) atoms. The fourth-order valence-corrected chi connectivity index (χ4v) is 8.60. The molecule has 358 valence electrons. The summed E-state index contributed by atoms with van der Waals surface area (Å²) in [6.07, 6.45) is -3.59. The van der Waals surface area contributed by atoms with E-state index >= 15 is 0 Å². The number of hydrogen-bond donors (Lipinski definition) is 2. The lowest BCUT2D eigenvalue weighted by Gasteiger charge is -2.17. The number of ether oxygens (including phenoxy) is 5. The molecule has 0 fully saturated rings. The molecule has 0 saturated carbocycles. The average Bonchev–Trinajstić information content (AvgIpc) is 3.71. The molecule has 0 saturated heterocycles. The van der Waals surface area contributed by atoms with Gasteiger partial charge in [0.15, 0.2) is 26.0 Å². The summed E-state index contributed by atoms with van der Waals surface area (Å²) in [7, 11) is -3.83. The van der Waals surface area contributed by atoms with E-state index in [0.29, 0.717) is 32.3 Å². The third-order valence-electron chi connectivity index (χ3n) is 9.41. The number of aryl methyl sites for hydroxylation is 1. The van der Waals surface area contributed by atoms with Gasteiger partial charge in [0.25, 0.3) is 15.6 Å². The number of urea groups is 1. The minimum atomic E-state index is -4.84. The summed E-state index contributed by atoms with van der Waals surface area (Å²) in [5.41, 5.74) is -1.72. The van der Waals surface area contributed by atoms with Crippen molar-refractivity contribution < 1.29 is 63.3 Å². The van der Waals surface area contributed by atoms with Crippen LogP contribution in [0.2, 0.25) is 0 Å². The Morgan fingerprint density at radius 3 is 2.10 bits per heavy atom. The first-order valence-corrected chi connectivity index (χ1v) is 22.7. The van der Waals surface area contributed by atoms with Crippen molar-refractivity contribution in [3.63, 3.8) is 0 Å². The second-order valence-electron chi connectivity index (χ2n) is 13.8. The van der Waals surface area contributed by atoms with Crippen molar-refractivity contribution in [2.24, 2.45) is 7.05 Å². The van der Waals surface area contributed by atoms with Gasteiger partial charge in [-0.15, -0.1) is 0 Å². The summed E-state index contributed by atoms with van der Waals surface area (Å²) < 4.78 is 120. The smallest absolute Gasteiger partial charge is 0.431 e. The van der Waals surface area contributed by atoms with E-state index < -0.39 is 71.1 Å². The van der Waals surface area contributed by atoms with Crippen molar-refractivity contribution in [2.45, 2.75) is 56.1 Å². The molecule has 1 unspecified atom stereocenters. The van der Waals surface area contributed by atoms with Crippen molar-refractivity contribution in [3.8, 4) is 28.9 Å². The van der Waals surface area contributed by atoms with Crippen LogP contribution < -0.4 is 40.2 Å². The fraction of sp³-hybridized carbons (Fsp3) is 0.293. The van der Waals surface area contributed by atoms with Crippen molar-refractivity contribution in [1.82, 2.24) is 33.2 Å². The van der Waals surface area contributed by atoms with E-state index in [1.807, 2.05) is 25.1 Å². The summed E-state index contributed by atoms with van der Waals surface area (Å²) in [6.45, 7) is 4.98. The van der Waals surface area contributed by atoms with E-state index in [2.05, 4.69) is 20.3 Å². The molecule has 6 aromatic rings. The molecule has 0 spiro atoms. The van der Waals surface area contributed by atoms with E-state index in [9.17, 15) is 49.2 Å². The van der Waals surface area contributed by atoms with Gasteiger partial charge in [-0.1, -0.05) is 32.0 Å². The van der Waals surface area contributed by atoms with E-state index in [1.54, 1.807) is 17.7 Å². The highest BCUT2D eigenvalue weighted by Gasteiger charge is 2.35. The van der Waals surface area contributed by atoms with Gasteiger partial charge >= 0.3 is 23.9 Å². The quantitative estimate of drug-likeness (QED) is 0.137. The molecule has 1 atom stereocenters. The molecule has 26 heteroatoms. The molecule has 6 rings (SSSR count). The van der Waals surface area contributed by atoms with Gasteiger partial charge in [-0.05, 0) is 61.4 Å². The molecule has 21 nitrogen and oxygen atoms in total. The number of methoxy groups -OCH3 is 3. The van der Waals surface area contributed by atoms with E-state index in [0.717, 1.165) is 23.4 Å². The number of nitrogens with one attached hydrogen (secondary N) is 2. The predicted octanol–water partition coefficient (Wildman–Crippen LogP) is 4.08. The summed E-state index contributed by atoms with van der Waals surface area (Å²) in [4.78, 5) is 60.5. The summed E-state index contributed by atoms with van der Waals surface area (Å²) in [6, 6.07) is 16.3. The van der Waals surface area contributed by atoms with Crippen LogP contribution in [0.25, 0.3) is 11.3 Å². The number of sulfone groups is 1. The van der Waals surface area contributed by atoms with Crippen molar-refractivity contribution >= 4 is 43.5 Å². The van der Waals surface area contributed by atoms with Crippen LogP contribution in [-0.2, 0) is 55.6 Å². The fourth-order valence-electron chi connectivity index (χ4n) is 5.94. The number of fused-ring (bicyclic) bond motifs is 1. The Bertz CT molecular complexity index is 3120. The number of nitrogens with zero attached hydrogens (tertiary/aromatic N) is 6. The van der Waals surface area contributed by atoms with E-state index in [1.165, 1.54) is 76.9 Å². The number of imidazole rings is 1. The van der Waals surface area contributed by atoms with Gasteiger partial charge in [0.1, 0.15) is 29.4 Å². The van der Waals surface area contributed by atoms with Crippen molar-refractivity contribution in [1.29, 1.82) is 0 Å². The van der Waals surface area contributed by atoms with Crippen LogP contribution in [0.1, 0.15) is 37.6 Å². The molecule has 2 amide bonds. The number of carbonyl (C=O) groups excluding carboxylic acids is 2. The van der Waals surface area contributed by atoms with Crippen LogP contribution in [0, 0.1) is 0 Å². The molecular formula is C41H43F3N8O13S2. The number of sulfonamides is 1. The first-order valence-electron chi connectivity index (χ1n) is 19.6. The normalized spacial score (nSPS) is 12.0. The Balaban J connectivity index is 0.000000254. The summed E-state index contributed by atoms with van der Waals surface area (Å²) >= 11 is 0. The Hall–Kier alpha value is -7.48. The lowest BCUT2D eigenvalue weighted by atomic mass is 10.1. The highest BCUT2D eigenvalue weighted by atomic mass is 32.2.